The molecule has 1 fully saturated rings. The van der Waals surface area contributed by atoms with E-state index < -0.39 is 0 Å². The summed E-state index contributed by atoms with van der Waals surface area (Å²) in [5.41, 5.74) is 1.13. The highest BCUT2D eigenvalue weighted by atomic mass is 15.3. The number of aryl methyl sites for hydroxylation is 1. The molecule has 2 rings (SSSR count). The van der Waals surface area contributed by atoms with Crippen LogP contribution in [0.1, 0.15) is 18.2 Å². The van der Waals surface area contributed by atoms with Crippen molar-refractivity contribution in [1.29, 1.82) is 0 Å². The Morgan fingerprint density at radius 3 is 2.72 bits per heavy atom. The van der Waals surface area contributed by atoms with Crippen molar-refractivity contribution in [1.82, 2.24) is 24.9 Å². The quantitative estimate of drug-likeness (QED) is 0.839. The van der Waals surface area contributed by atoms with E-state index in [-0.39, 0.29) is 6.04 Å². The van der Waals surface area contributed by atoms with Crippen LogP contribution < -0.4 is 5.32 Å². The molecule has 1 N–H and O–H groups in total. The van der Waals surface area contributed by atoms with E-state index >= 15 is 0 Å². The van der Waals surface area contributed by atoms with Crippen LogP contribution in [0.3, 0.4) is 0 Å². The molecule has 1 aliphatic rings. The molecule has 0 spiro atoms. The SMILES string of the molecule is CNC(c1ccn(C)n1)C1CN(C)CCCN1C. The minimum atomic E-state index is 0.289. The van der Waals surface area contributed by atoms with Gasteiger partial charge in [0.1, 0.15) is 0 Å². The third kappa shape index (κ3) is 2.91. The van der Waals surface area contributed by atoms with Crippen molar-refractivity contribution in [2.45, 2.75) is 18.5 Å². The molecule has 2 heterocycles. The van der Waals surface area contributed by atoms with Gasteiger partial charge in [-0.05, 0) is 46.7 Å². The van der Waals surface area contributed by atoms with Crippen molar-refractivity contribution < 1.29 is 0 Å². The van der Waals surface area contributed by atoms with Gasteiger partial charge in [-0.25, -0.2) is 0 Å². The number of rotatable bonds is 3. The van der Waals surface area contributed by atoms with Gasteiger partial charge in [-0.1, -0.05) is 0 Å². The molecule has 0 aromatic carbocycles. The summed E-state index contributed by atoms with van der Waals surface area (Å²) in [6.45, 7) is 3.41. The van der Waals surface area contributed by atoms with Crippen LogP contribution in [-0.2, 0) is 7.05 Å². The molecule has 0 amide bonds. The van der Waals surface area contributed by atoms with E-state index in [1.807, 2.05) is 25.0 Å². The minimum Gasteiger partial charge on any atom is -0.310 e. The lowest BCUT2D eigenvalue weighted by atomic mass is 10.0. The summed E-state index contributed by atoms with van der Waals surface area (Å²) < 4.78 is 1.88. The molecule has 2 atom stereocenters. The highest BCUT2D eigenvalue weighted by Crippen LogP contribution is 2.21. The minimum absolute atomic E-state index is 0.289. The standard InChI is InChI=1S/C13H25N5/c1-14-13(11-6-9-18(4)15-11)12-10-16(2)7-5-8-17(12)3/h6,9,12-14H,5,7-8,10H2,1-4H3. The van der Waals surface area contributed by atoms with Crippen molar-refractivity contribution in [3.8, 4) is 0 Å². The highest BCUT2D eigenvalue weighted by Gasteiger charge is 2.29. The van der Waals surface area contributed by atoms with Gasteiger partial charge < -0.3 is 15.1 Å². The highest BCUT2D eigenvalue weighted by molar-refractivity contribution is 5.09. The molecule has 1 aromatic rings. The molecule has 18 heavy (non-hydrogen) atoms. The van der Waals surface area contributed by atoms with Crippen LogP contribution in [0.4, 0.5) is 0 Å². The van der Waals surface area contributed by atoms with E-state index in [1.165, 1.54) is 13.0 Å². The van der Waals surface area contributed by atoms with Crippen LogP contribution in [0.2, 0.25) is 0 Å². The van der Waals surface area contributed by atoms with E-state index in [2.05, 4.69) is 40.4 Å². The molecule has 1 aromatic heterocycles. The topological polar surface area (TPSA) is 36.3 Å². The van der Waals surface area contributed by atoms with Gasteiger partial charge in [-0.15, -0.1) is 0 Å². The molecule has 5 heteroatoms. The number of likely N-dealkylation sites (N-methyl/N-ethyl adjacent to an activating group) is 3. The Bertz CT molecular complexity index is 375. The normalized spacial score (nSPS) is 25.0. The molecule has 102 valence electrons. The molecule has 0 aliphatic carbocycles. The average molecular weight is 251 g/mol. The lowest BCUT2D eigenvalue weighted by Gasteiger charge is -2.33. The lowest BCUT2D eigenvalue weighted by Crippen LogP contribution is -2.46. The van der Waals surface area contributed by atoms with Crippen molar-refractivity contribution >= 4 is 0 Å². The fourth-order valence-corrected chi connectivity index (χ4v) is 2.80. The molecule has 1 aliphatic heterocycles. The van der Waals surface area contributed by atoms with Crippen LogP contribution in [-0.4, -0.2) is 66.4 Å². The third-order valence-electron chi connectivity index (χ3n) is 3.86. The molecule has 2 unspecified atom stereocenters. The zero-order chi connectivity index (χ0) is 13.1. The van der Waals surface area contributed by atoms with Gasteiger partial charge in [0, 0.05) is 25.8 Å². The Hall–Kier alpha value is -0.910. The maximum Gasteiger partial charge on any atom is 0.0810 e. The molecule has 0 saturated carbocycles. The van der Waals surface area contributed by atoms with E-state index in [0.29, 0.717) is 6.04 Å². The van der Waals surface area contributed by atoms with Crippen molar-refractivity contribution in [2.75, 3.05) is 40.8 Å². The van der Waals surface area contributed by atoms with Gasteiger partial charge in [0.15, 0.2) is 0 Å². The van der Waals surface area contributed by atoms with Crippen LogP contribution in [0, 0.1) is 0 Å². The molecule has 1 saturated heterocycles. The van der Waals surface area contributed by atoms with Crippen LogP contribution in [0.5, 0.6) is 0 Å². The Morgan fingerprint density at radius 1 is 1.33 bits per heavy atom. The van der Waals surface area contributed by atoms with Gasteiger partial charge in [0.2, 0.25) is 0 Å². The van der Waals surface area contributed by atoms with Crippen molar-refractivity contribution in [3.05, 3.63) is 18.0 Å². The number of hydrogen-bond donors (Lipinski definition) is 1. The Balaban J connectivity index is 2.19. The Kier molecular flexibility index (Phi) is 4.37. The third-order valence-corrected chi connectivity index (χ3v) is 3.86. The second kappa shape index (κ2) is 5.82. The molecule has 5 nitrogen and oxygen atoms in total. The lowest BCUT2D eigenvalue weighted by molar-refractivity contribution is 0.180. The van der Waals surface area contributed by atoms with Gasteiger partial charge >= 0.3 is 0 Å². The predicted octanol–water partition coefficient (Wildman–Crippen LogP) is 0.317. The zero-order valence-corrected chi connectivity index (χ0v) is 11.9. The first-order chi connectivity index (χ1) is 8.61. The smallest absolute Gasteiger partial charge is 0.0810 e. The summed E-state index contributed by atoms with van der Waals surface area (Å²) >= 11 is 0. The molecule has 0 radical (unpaired) electrons. The summed E-state index contributed by atoms with van der Waals surface area (Å²) in [4.78, 5) is 4.88. The summed E-state index contributed by atoms with van der Waals surface area (Å²) in [5, 5.41) is 7.99. The summed E-state index contributed by atoms with van der Waals surface area (Å²) in [6.07, 6.45) is 3.25. The predicted molar refractivity (Wildman–Crippen MR) is 73.5 cm³/mol. The maximum absolute atomic E-state index is 4.56. The van der Waals surface area contributed by atoms with Gasteiger partial charge in [0.05, 0.1) is 11.7 Å². The number of nitrogens with one attached hydrogen (secondary N) is 1. The van der Waals surface area contributed by atoms with Crippen molar-refractivity contribution in [3.63, 3.8) is 0 Å². The first kappa shape index (κ1) is 13.5. The van der Waals surface area contributed by atoms with E-state index in [9.17, 15) is 0 Å². The first-order valence-corrected chi connectivity index (χ1v) is 6.67. The molecular weight excluding hydrogens is 226 g/mol. The van der Waals surface area contributed by atoms with Gasteiger partial charge in [-0.2, -0.15) is 5.10 Å². The average Bonchev–Trinajstić information content (AvgIpc) is 2.67. The van der Waals surface area contributed by atoms with Gasteiger partial charge in [-0.3, -0.25) is 4.68 Å². The van der Waals surface area contributed by atoms with E-state index in [0.717, 1.165) is 18.8 Å². The van der Waals surface area contributed by atoms with E-state index in [1.54, 1.807) is 0 Å². The molecule has 0 bridgehead atoms. The monoisotopic (exact) mass is 251 g/mol. The number of aromatic nitrogens is 2. The maximum atomic E-state index is 4.56. The second-order valence-electron chi connectivity index (χ2n) is 5.34. The summed E-state index contributed by atoms with van der Waals surface area (Å²) in [6, 6.07) is 2.87. The van der Waals surface area contributed by atoms with Crippen LogP contribution >= 0.6 is 0 Å². The Labute approximate surface area is 110 Å². The fourth-order valence-electron chi connectivity index (χ4n) is 2.80. The first-order valence-electron chi connectivity index (χ1n) is 6.67. The van der Waals surface area contributed by atoms with Crippen molar-refractivity contribution in [2.24, 2.45) is 7.05 Å². The Morgan fingerprint density at radius 2 is 2.11 bits per heavy atom. The molecular formula is C13H25N5. The second-order valence-corrected chi connectivity index (χ2v) is 5.34. The van der Waals surface area contributed by atoms with Crippen LogP contribution in [0.25, 0.3) is 0 Å². The zero-order valence-electron chi connectivity index (χ0n) is 11.9. The largest absolute Gasteiger partial charge is 0.310 e. The fraction of sp³-hybridized carbons (Fsp3) is 0.769. The van der Waals surface area contributed by atoms with Crippen LogP contribution in [0.15, 0.2) is 12.3 Å². The summed E-state index contributed by atoms with van der Waals surface area (Å²) in [7, 11) is 8.42. The number of nitrogens with zero attached hydrogens (tertiary/aromatic N) is 4. The summed E-state index contributed by atoms with van der Waals surface area (Å²) in [5.74, 6) is 0. The number of hydrogen-bond acceptors (Lipinski definition) is 4. The van der Waals surface area contributed by atoms with E-state index in [4.69, 9.17) is 0 Å². The van der Waals surface area contributed by atoms with Gasteiger partial charge in [0.25, 0.3) is 0 Å².